The van der Waals surface area contributed by atoms with Gasteiger partial charge in [-0.25, -0.2) is 4.39 Å². The van der Waals surface area contributed by atoms with Crippen molar-refractivity contribution in [2.45, 2.75) is 32.9 Å². The van der Waals surface area contributed by atoms with E-state index in [0.717, 1.165) is 24.2 Å². The Kier molecular flexibility index (Phi) is 4.32. The molecule has 1 N–H and O–H groups in total. The third-order valence-corrected chi connectivity index (χ3v) is 3.32. The molecule has 0 spiro atoms. The molecule has 1 aromatic heterocycles. The number of halogens is 1. The van der Waals surface area contributed by atoms with E-state index in [1.54, 1.807) is 0 Å². The molecule has 0 aliphatic heterocycles. The van der Waals surface area contributed by atoms with Crippen LogP contribution in [0.3, 0.4) is 0 Å². The Hall–Kier alpha value is -1.68. The van der Waals surface area contributed by atoms with Crippen molar-refractivity contribution in [3.05, 3.63) is 53.1 Å². The molecule has 0 bridgehead atoms. The first-order chi connectivity index (χ1) is 9.13. The summed E-state index contributed by atoms with van der Waals surface area (Å²) in [5.74, 6) is -0.201. The minimum Gasteiger partial charge on any atom is -0.313 e. The average Bonchev–Trinajstić information content (AvgIpc) is 2.77. The molecule has 0 aliphatic carbocycles. The van der Waals surface area contributed by atoms with Crippen LogP contribution < -0.4 is 5.32 Å². The highest BCUT2D eigenvalue weighted by Crippen LogP contribution is 2.19. The van der Waals surface area contributed by atoms with Crippen molar-refractivity contribution in [2.24, 2.45) is 0 Å². The van der Waals surface area contributed by atoms with Crippen molar-refractivity contribution in [1.29, 1.82) is 0 Å². The Morgan fingerprint density at radius 3 is 2.58 bits per heavy atom. The first-order valence-corrected chi connectivity index (χ1v) is 6.60. The van der Waals surface area contributed by atoms with E-state index >= 15 is 0 Å². The number of nitrogens with zero attached hydrogens (tertiary/aromatic N) is 2. The van der Waals surface area contributed by atoms with E-state index in [9.17, 15) is 4.39 Å². The van der Waals surface area contributed by atoms with E-state index in [1.165, 1.54) is 17.8 Å². The van der Waals surface area contributed by atoms with E-state index in [0.29, 0.717) is 0 Å². The molecule has 102 valence electrons. The molecule has 19 heavy (non-hydrogen) atoms. The van der Waals surface area contributed by atoms with Gasteiger partial charge in [0.25, 0.3) is 0 Å². The molecule has 0 saturated carbocycles. The van der Waals surface area contributed by atoms with Gasteiger partial charge in [0, 0.05) is 24.7 Å². The van der Waals surface area contributed by atoms with Crippen molar-refractivity contribution in [1.82, 2.24) is 15.1 Å². The second-order valence-corrected chi connectivity index (χ2v) is 4.69. The summed E-state index contributed by atoms with van der Waals surface area (Å²) in [5.41, 5.74) is 3.32. The highest BCUT2D eigenvalue weighted by Gasteiger charge is 2.13. The van der Waals surface area contributed by atoms with Gasteiger partial charge < -0.3 is 5.32 Å². The normalized spacial score (nSPS) is 12.6. The number of nitrogens with one attached hydrogen (secondary N) is 1. The number of hydrogen-bond acceptors (Lipinski definition) is 2. The van der Waals surface area contributed by atoms with Crippen LogP contribution in [0.15, 0.2) is 30.3 Å². The van der Waals surface area contributed by atoms with Crippen molar-refractivity contribution in [3.8, 4) is 0 Å². The van der Waals surface area contributed by atoms with Gasteiger partial charge in [0.05, 0.1) is 5.69 Å². The second kappa shape index (κ2) is 5.97. The molecule has 0 amide bonds. The Balaban J connectivity index is 2.21. The van der Waals surface area contributed by atoms with E-state index in [2.05, 4.69) is 23.4 Å². The predicted molar refractivity (Wildman–Crippen MR) is 74.5 cm³/mol. The molecule has 0 fully saturated rings. The Morgan fingerprint density at radius 1 is 1.32 bits per heavy atom. The number of rotatable bonds is 5. The molecular formula is C15H20FN3. The average molecular weight is 261 g/mol. The van der Waals surface area contributed by atoms with Gasteiger partial charge in [-0.15, -0.1) is 0 Å². The lowest BCUT2D eigenvalue weighted by Crippen LogP contribution is -2.20. The third-order valence-electron chi connectivity index (χ3n) is 3.32. The fourth-order valence-electron chi connectivity index (χ4n) is 2.33. The molecule has 1 heterocycles. The molecule has 1 aromatic carbocycles. The number of benzene rings is 1. The Bertz CT molecular complexity index is 531. The van der Waals surface area contributed by atoms with Crippen LogP contribution in [0.1, 0.15) is 29.9 Å². The summed E-state index contributed by atoms with van der Waals surface area (Å²) < 4.78 is 15.0. The van der Waals surface area contributed by atoms with Crippen LogP contribution >= 0.6 is 0 Å². The first kappa shape index (κ1) is 13.7. The molecule has 2 aromatic rings. The van der Waals surface area contributed by atoms with Gasteiger partial charge in [-0.3, -0.25) is 4.68 Å². The number of hydrogen-bond donors (Lipinski definition) is 1. The minimum atomic E-state index is -0.201. The monoisotopic (exact) mass is 261 g/mol. The van der Waals surface area contributed by atoms with Gasteiger partial charge in [-0.1, -0.05) is 12.1 Å². The summed E-state index contributed by atoms with van der Waals surface area (Å²) in [4.78, 5) is 0. The van der Waals surface area contributed by atoms with Crippen LogP contribution in [-0.4, -0.2) is 16.8 Å². The molecule has 1 unspecified atom stereocenters. The molecule has 0 radical (unpaired) electrons. The summed E-state index contributed by atoms with van der Waals surface area (Å²) in [6.45, 7) is 4.95. The zero-order valence-electron chi connectivity index (χ0n) is 11.7. The number of aromatic nitrogens is 2. The number of likely N-dealkylation sites (N-methyl/N-ethyl adjacent to an activating group) is 1. The third kappa shape index (κ3) is 3.20. The standard InChI is InChI=1S/C15H20FN3/c1-4-19-14(9-11(2)18-19)10-15(17-3)12-5-7-13(16)8-6-12/h5-9,15,17H,4,10H2,1-3H3. The SMILES string of the molecule is CCn1nc(C)cc1CC(NC)c1ccc(F)cc1. The van der Waals surface area contributed by atoms with Gasteiger partial charge in [0.1, 0.15) is 5.82 Å². The molecule has 0 aliphatic rings. The quantitative estimate of drug-likeness (QED) is 0.897. The molecule has 3 nitrogen and oxygen atoms in total. The van der Waals surface area contributed by atoms with Gasteiger partial charge >= 0.3 is 0 Å². The van der Waals surface area contributed by atoms with Gasteiger partial charge in [0.15, 0.2) is 0 Å². The van der Waals surface area contributed by atoms with Crippen LogP contribution in [0.25, 0.3) is 0 Å². The Labute approximate surface area is 113 Å². The summed E-state index contributed by atoms with van der Waals surface area (Å²) in [6.07, 6.45) is 0.844. The second-order valence-electron chi connectivity index (χ2n) is 4.69. The van der Waals surface area contributed by atoms with Crippen molar-refractivity contribution < 1.29 is 4.39 Å². The van der Waals surface area contributed by atoms with Crippen molar-refractivity contribution in [3.63, 3.8) is 0 Å². The summed E-state index contributed by atoms with van der Waals surface area (Å²) in [6, 6.07) is 8.94. The van der Waals surface area contributed by atoms with Gasteiger partial charge in [-0.2, -0.15) is 5.10 Å². The first-order valence-electron chi connectivity index (χ1n) is 6.60. The summed E-state index contributed by atoms with van der Waals surface area (Å²) >= 11 is 0. The molecule has 0 saturated heterocycles. The number of aryl methyl sites for hydroxylation is 2. The van der Waals surface area contributed by atoms with Crippen molar-refractivity contribution >= 4 is 0 Å². The topological polar surface area (TPSA) is 29.9 Å². The Morgan fingerprint density at radius 2 is 2.00 bits per heavy atom. The predicted octanol–water partition coefficient (Wildman–Crippen LogP) is 2.85. The van der Waals surface area contributed by atoms with E-state index in [4.69, 9.17) is 0 Å². The summed E-state index contributed by atoms with van der Waals surface area (Å²) in [5, 5.41) is 7.74. The lowest BCUT2D eigenvalue weighted by atomic mass is 10.0. The van der Waals surface area contributed by atoms with Crippen LogP contribution in [-0.2, 0) is 13.0 Å². The van der Waals surface area contributed by atoms with Crippen LogP contribution in [0.2, 0.25) is 0 Å². The minimum absolute atomic E-state index is 0.169. The lowest BCUT2D eigenvalue weighted by Gasteiger charge is -2.17. The largest absolute Gasteiger partial charge is 0.313 e. The summed E-state index contributed by atoms with van der Waals surface area (Å²) in [7, 11) is 1.92. The van der Waals surface area contributed by atoms with Gasteiger partial charge in [-0.05, 0) is 44.7 Å². The van der Waals surface area contributed by atoms with E-state index < -0.39 is 0 Å². The van der Waals surface area contributed by atoms with Crippen molar-refractivity contribution in [2.75, 3.05) is 7.05 Å². The maximum Gasteiger partial charge on any atom is 0.123 e. The fraction of sp³-hybridized carbons (Fsp3) is 0.400. The molecular weight excluding hydrogens is 241 g/mol. The maximum atomic E-state index is 13.0. The smallest absolute Gasteiger partial charge is 0.123 e. The maximum absolute atomic E-state index is 13.0. The molecule has 4 heteroatoms. The van der Waals surface area contributed by atoms with Gasteiger partial charge in [0.2, 0.25) is 0 Å². The fourth-order valence-corrected chi connectivity index (χ4v) is 2.33. The van der Waals surface area contributed by atoms with Crippen LogP contribution in [0.5, 0.6) is 0 Å². The zero-order valence-corrected chi connectivity index (χ0v) is 11.7. The highest BCUT2D eigenvalue weighted by molar-refractivity contribution is 5.22. The van der Waals surface area contributed by atoms with Crippen LogP contribution in [0.4, 0.5) is 4.39 Å². The highest BCUT2D eigenvalue weighted by atomic mass is 19.1. The van der Waals surface area contributed by atoms with E-state index in [1.807, 2.05) is 30.8 Å². The molecule has 2 rings (SSSR count). The lowest BCUT2D eigenvalue weighted by molar-refractivity contribution is 0.539. The molecule has 1 atom stereocenters. The van der Waals surface area contributed by atoms with E-state index in [-0.39, 0.29) is 11.9 Å². The zero-order chi connectivity index (χ0) is 13.8. The van der Waals surface area contributed by atoms with Crippen LogP contribution in [0, 0.1) is 12.7 Å².